The van der Waals surface area contributed by atoms with E-state index in [9.17, 15) is 0 Å². The number of benzene rings is 3. The van der Waals surface area contributed by atoms with Gasteiger partial charge in [0.2, 0.25) is 5.28 Å². The first-order valence-corrected chi connectivity index (χ1v) is 9.55. The molecule has 0 aliphatic heterocycles. The maximum atomic E-state index is 6.21. The smallest absolute Gasteiger partial charge is 0.226 e. The van der Waals surface area contributed by atoms with Crippen LogP contribution >= 0.6 is 11.6 Å². The molecule has 6 radical (unpaired) electrons. The molecule has 0 bridgehead atoms. The lowest BCUT2D eigenvalue weighted by atomic mass is 9.08. The zero-order chi connectivity index (χ0) is 21.1. The number of hydrogen-bond acceptors (Lipinski definition) is 4. The Morgan fingerprint density at radius 1 is 0.700 bits per heavy atom. The molecule has 30 heavy (non-hydrogen) atoms. The van der Waals surface area contributed by atoms with Crippen LogP contribution in [0, 0.1) is 0 Å². The molecular weight excluding hydrogens is 389 g/mol. The highest BCUT2D eigenvalue weighted by Crippen LogP contribution is 2.35. The average molecular weight is 401 g/mol. The van der Waals surface area contributed by atoms with E-state index in [1.165, 1.54) is 0 Å². The van der Waals surface area contributed by atoms with Gasteiger partial charge in [0.05, 0.1) is 0 Å². The van der Waals surface area contributed by atoms with E-state index in [2.05, 4.69) is 38.2 Å². The first kappa shape index (κ1) is 20.3. The van der Waals surface area contributed by atoms with Crippen molar-refractivity contribution in [3.05, 3.63) is 78.1 Å². The lowest BCUT2D eigenvalue weighted by Crippen LogP contribution is -2.11. The Labute approximate surface area is 183 Å². The maximum absolute atomic E-state index is 6.21. The second-order valence-corrected chi connectivity index (χ2v) is 6.81. The van der Waals surface area contributed by atoms with Crippen molar-refractivity contribution in [2.75, 3.05) is 0 Å². The van der Waals surface area contributed by atoms with E-state index < -0.39 is 6.39 Å². The van der Waals surface area contributed by atoms with Gasteiger partial charge in [0, 0.05) is 51.5 Å². The molecule has 3 aromatic carbocycles. The standard InChI is InChI=1S/C21H12ClN3O.B4/c22-21-24-19(13-7-2-1-3-8-13)23-20(25-21)15-10-6-12-17-18(15)14-9-4-5-11-16(14)26-17;1-4(2)3/h1-12H;. The van der Waals surface area contributed by atoms with E-state index in [1.54, 1.807) is 0 Å². The topological polar surface area (TPSA) is 51.8 Å². The summed E-state index contributed by atoms with van der Waals surface area (Å²) in [5, 5.41) is 2.17. The summed E-state index contributed by atoms with van der Waals surface area (Å²) < 4.78 is 5.96. The molecule has 5 aromatic rings. The van der Waals surface area contributed by atoms with Crippen LogP contribution in [0.25, 0.3) is 44.7 Å². The van der Waals surface area contributed by atoms with Crippen molar-refractivity contribution in [3.8, 4) is 22.8 Å². The summed E-state index contributed by atoms with van der Waals surface area (Å²) in [5.41, 5.74) is 3.39. The fraction of sp³-hybridized carbons (Fsp3) is 0. The molecule has 0 amide bonds. The van der Waals surface area contributed by atoms with Crippen LogP contribution < -0.4 is 0 Å². The molecule has 0 saturated heterocycles. The van der Waals surface area contributed by atoms with Crippen LogP contribution in [0.4, 0.5) is 0 Å². The van der Waals surface area contributed by atoms with Crippen molar-refractivity contribution in [3.63, 3.8) is 0 Å². The molecule has 0 atom stereocenters. The molecule has 0 fully saturated rings. The average Bonchev–Trinajstić information content (AvgIpc) is 3.12. The minimum absolute atomic E-state index is 0.165. The molecule has 0 saturated carbocycles. The lowest BCUT2D eigenvalue weighted by molar-refractivity contribution is 0.669. The Morgan fingerprint density at radius 2 is 1.33 bits per heavy atom. The van der Waals surface area contributed by atoms with Crippen LogP contribution in [-0.2, 0) is 0 Å². The summed E-state index contributed by atoms with van der Waals surface area (Å²) in [4.78, 5) is 13.3. The van der Waals surface area contributed by atoms with Gasteiger partial charge in [-0.3, -0.25) is 0 Å². The molecular formula is C21H12B4ClN3O. The molecule has 2 aromatic heterocycles. The van der Waals surface area contributed by atoms with Crippen LogP contribution in [0.3, 0.4) is 0 Å². The Morgan fingerprint density at radius 3 is 2.10 bits per heavy atom. The number of aromatic nitrogens is 3. The van der Waals surface area contributed by atoms with Gasteiger partial charge in [-0.1, -0.05) is 60.7 Å². The summed E-state index contributed by atoms with van der Waals surface area (Å²) in [6.45, 7) is 0. The lowest BCUT2D eigenvalue weighted by Gasteiger charge is -2.06. The van der Waals surface area contributed by atoms with Gasteiger partial charge in [0.15, 0.2) is 11.6 Å². The normalized spacial score (nSPS) is 10.6. The van der Waals surface area contributed by atoms with Crippen molar-refractivity contribution >= 4 is 63.1 Å². The Kier molecular flexibility index (Phi) is 5.96. The van der Waals surface area contributed by atoms with Gasteiger partial charge in [-0.25, -0.2) is 4.98 Å². The minimum Gasteiger partial charge on any atom is -0.456 e. The number of fused-ring (bicyclic) bond motifs is 3. The minimum atomic E-state index is -0.667. The highest BCUT2D eigenvalue weighted by atomic mass is 35.5. The molecule has 0 aliphatic carbocycles. The highest BCUT2D eigenvalue weighted by molar-refractivity contribution is 7.49. The van der Waals surface area contributed by atoms with Crippen molar-refractivity contribution in [1.29, 1.82) is 0 Å². The fourth-order valence-corrected chi connectivity index (χ4v) is 3.31. The second kappa shape index (κ2) is 8.80. The number of para-hydroxylation sites is 1. The van der Waals surface area contributed by atoms with Gasteiger partial charge in [0.25, 0.3) is 0 Å². The number of furan rings is 1. The summed E-state index contributed by atoms with van der Waals surface area (Å²) in [5.74, 6) is 1.08. The van der Waals surface area contributed by atoms with E-state index in [0.717, 1.165) is 33.1 Å². The number of rotatable bonds is 2. The number of hydrogen-bond donors (Lipinski definition) is 0. The van der Waals surface area contributed by atoms with E-state index in [1.807, 2.05) is 72.8 Å². The van der Waals surface area contributed by atoms with Gasteiger partial charge in [-0.2, -0.15) is 9.97 Å². The molecule has 0 N–H and O–H groups in total. The van der Waals surface area contributed by atoms with Crippen LogP contribution in [0.1, 0.15) is 0 Å². The van der Waals surface area contributed by atoms with Gasteiger partial charge < -0.3 is 4.42 Å². The summed E-state index contributed by atoms with van der Waals surface area (Å²) >= 11 is 6.21. The van der Waals surface area contributed by atoms with Crippen molar-refractivity contribution in [2.24, 2.45) is 0 Å². The Bertz CT molecular complexity index is 1310. The van der Waals surface area contributed by atoms with E-state index in [0.29, 0.717) is 11.6 Å². The van der Waals surface area contributed by atoms with Gasteiger partial charge in [0.1, 0.15) is 11.2 Å². The van der Waals surface area contributed by atoms with E-state index >= 15 is 0 Å². The zero-order valence-electron chi connectivity index (χ0n) is 15.9. The molecule has 136 valence electrons. The fourth-order valence-electron chi connectivity index (χ4n) is 3.15. The summed E-state index contributed by atoms with van der Waals surface area (Å²) in [7, 11) is 14.0. The predicted molar refractivity (Wildman–Crippen MR) is 126 cm³/mol. The maximum Gasteiger partial charge on any atom is 0.226 e. The largest absolute Gasteiger partial charge is 0.456 e. The first-order chi connectivity index (χ1) is 14.5. The third-order valence-electron chi connectivity index (χ3n) is 4.28. The third kappa shape index (κ3) is 4.29. The van der Waals surface area contributed by atoms with Crippen molar-refractivity contribution in [2.45, 2.75) is 0 Å². The monoisotopic (exact) mass is 401 g/mol. The Balaban J connectivity index is 0.000000503. The van der Waals surface area contributed by atoms with E-state index in [4.69, 9.17) is 16.0 Å². The van der Waals surface area contributed by atoms with Crippen molar-refractivity contribution < 1.29 is 4.42 Å². The molecule has 0 spiro atoms. The van der Waals surface area contributed by atoms with Gasteiger partial charge >= 0.3 is 0 Å². The molecule has 9 heteroatoms. The summed E-state index contributed by atoms with van der Waals surface area (Å²) in [6, 6.07) is 23.5. The van der Waals surface area contributed by atoms with Crippen LogP contribution in [0.2, 0.25) is 5.28 Å². The van der Waals surface area contributed by atoms with Crippen LogP contribution in [0.15, 0.2) is 77.2 Å². The van der Waals surface area contributed by atoms with Crippen molar-refractivity contribution in [1.82, 2.24) is 15.0 Å². The third-order valence-corrected chi connectivity index (χ3v) is 4.45. The number of nitrogens with zero attached hydrogens (tertiary/aromatic N) is 3. The molecule has 2 heterocycles. The van der Waals surface area contributed by atoms with Crippen LogP contribution in [0.5, 0.6) is 0 Å². The van der Waals surface area contributed by atoms with Gasteiger partial charge in [-0.15, -0.1) is 0 Å². The molecule has 4 nitrogen and oxygen atoms in total. The van der Waals surface area contributed by atoms with Gasteiger partial charge in [-0.05, 0) is 23.7 Å². The summed E-state index contributed by atoms with van der Waals surface area (Å²) in [6.07, 6.45) is -0.667. The molecule has 0 unspecified atom stereocenters. The predicted octanol–water partition coefficient (Wildman–Crippen LogP) is 4.24. The zero-order valence-corrected chi connectivity index (χ0v) is 16.6. The SMILES string of the molecule is Clc1nc(-c2ccccc2)nc(-c2cccc3oc4ccccc4c23)n1.[B]B([B])[B]. The molecule has 5 rings (SSSR count). The number of halogens is 1. The first-order valence-electron chi connectivity index (χ1n) is 9.17. The highest BCUT2D eigenvalue weighted by Gasteiger charge is 2.16. The second-order valence-electron chi connectivity index (χ2n) is 6.47. The molecule has 0 aliphatic rings. The quantitative estimate of drug-likeness (QED) is 0.416. The van der Waals surface area contributed by atoms with E-state index in [-0.39, 0.29) is 5.28 Å². The van der Waals surface area contributed by atoms with Crippen LogP contribution in [-0.4, -0.2) is 44.5 Å². The Hall–Kier alpha value is -2.98.